The van der Waals surface area contributed by atoms with E-state index in [1.54, 1.807) is 12.2 Å². The van der Waals surface area contributed by atoms with Crippen molar-refractivity contribution in [3.8, 4) is 0 Å². The van der Waals surface area contributed by atoms with Crippen LogP contribution in [0.15, 0.2) is 96.2 Å². The van der Waals surface area contributed by atoms with Gasteiger partial charge in [-0.3, -0.25) is 0 Å². The number of hydrogen-bond acceptors (Lipinski definition) is 4. The summed E-state index contributed by atoms with van der Waals surface area (Å²) in [5.41, 5.74) is 3.20. The van der Waals surface area contributed by atoms with Crippen molar-refractivity contribution in [3.05, 3.63) is 96.2 Å². The number of aliphatic hydroxyl groups is 2. The molecule has 192 valence electrons. The SMILES string of the molecule is C=C/C=C(\C)CCC(O)C/C=C\C=C(/C)C(O)CC/C=C/C=C\C=C/C[C@@H]1OC(=O)C=C(C)[C@@H]1C. The van der Waals surface area contributed by atoms with Gasteiger partial charge in [-0.2, -0.15) is 0 Å². The summed E-state index contributed by atoms with van der Waals surface area (Å²) in [6.45, 7) is 11.7. The van der Waals surface area contributed by atoms with Crippen LogP contribution >= 0.6 is 0 Å². The van der Waals surface area contributed by atoms with Crippen LogP contribution in [-0.2, 0) is 9.53 Å². The van der Waals surface area contributed by atoms with Gasteiger partial charge in [-0.25, -0.2) is 4.79 Å². The average molecular weight is 481 g/mol. The molecule has 1 rings (SSSR count). The molecule has 0 aromatic carbocycles. The zero-order chi connectivity index (χ0) is 26.1. The summed E-state index contributed by atoms with van der Waals surface area (Å²) in [6, 6.07) is 0. The quantitative estimate of drug-likeness (QED) is 0.198. The van der Waals surface area contributed by atoms with E-state index in [0.717, 1.165) is 30.4 Å². The zero-order valence-electron chi connectivity index (χ0n) is 21.9. The van der Waals surface area contributed by atoms with Gasteiger partial charge in [-0.1, -0.05) is 91.5 Å². The Morgan fingerprint density at radius 3 is 2.49 bits per heavy atom. The van der Waals surface area contributed by atoms with Gasteiger partial charge in [0.25, 0.3) is 0 Å². The highest BCUT2D eigenvalue weighted by atomic mass is 16.5. The zero-order valence-corrected chi connectivity index (χ0v) is 21.9. The molecule has 0 fully saturated rings. The van der Waals surface area contributed by atoms with Crippen molar-refractivity contribution < 1.29 is 19.7 Å². The second-order valence-electron chi connectivity index (χ2n) is 9.24. The molecular formula is C31H44O4. The fraction of sp³-hybridized carbons (Fsp3) is 0.452. The molecule has 1 aliphatic heterocycles. The highest BCUT2D eigenvalue weighted by Gasteiger charge is 2.25. The third-order valence-electron chi connectivity index (χ3n) is 6.17. The molecule has 4 nitrogen and oxygen atoms in total. The Balaban J connectivity index is 2.26. The summed E-state index contributed by atoms with van der Waals surface area (Å²) in [7, 11) is 0. The van der Waals surface area contributed by atoms with Gasteiger partial charge in [0, 0.05) is 18.4 Å². The summed E-state index contributed by atoms with van der Waals surface area (Å²) >= 11 is 0. The average Bonchev–Trinajstić information content (AvgIpc) is 2.82. The van der Waals surface area contributed by atoms with Crippen LogP contribution in [0.2, 0.25) is 0 Å². The van der Waals surface area contributed by atoms with Gasteiger partial charge >= 0.3 is 5.97 Å². The van der Waals surface area contributed by atoms with E-state index in [-0.39, 0.29) is 24.1 Å². The molecule has 0 aliphatic carbocycles. The van der Waals surface area contributed by atoms with E-state index in [1.165, 1.54) is 5.57 Å². The molecular weight excluding hydrogens is 436 g/mol. The van der Waals surface area contributed by atoms with Crippen LogP contribution in [-0.4, -0.2) is 34.5 Å². The summed E-state index contributed by atoms with van der Waals surface area (Å²) < 4.78 is 5.38. The molecule has 0 aromatic heterocycles. The van der Waals surface area contributed by atoms with E-state index in [0.29, 0.717) is 19.3 Å². The second kappa shape index (κ2) is 17.7. The number of carbonyl (C=O) groups is 1. The molecule has 0 amide bonds. The number of hydrogen-bond donors (Lipinski definition) is 2. The molecule has 0 spiro atoms. The molecule has 0 radical (unpaired) electrons. The third-order valence-corrected chi connectivity index (χ3v) is 6.17. The van der Waals surface area contributed by atoms with Crippen LogP contribution in [0.4, 0.5) is 0 Å². The van der Waals surface area contributed by atoms with E-state index in [2.05, 4.69) is 13.5 Å². The van der Waals surface area contributed by atoms with Crippen molar-refractivity contribution in [2.75, 3.05) is 0 Å². The number of ether oxygens (including phenoxy) is 1. The first-order valence-corrected chi connectivity index (χ1v) is 12.6. The predicted octanol–water partition coefficient (Wildman–Crippen LogP) is 6.86. The second-order valence-corrected chi connectivity index (χ2v) is 9.24. The lowest BCUT2D eigenvalue weighted by atomic mass is 9.92. The maximum Gasteiger partial charge on any atom is 0.331 e. The van der Waals surface area contributed by atoms with Gasteiger partial charge in [0.1, 0.15) is 6.10 Å². The summed E-state index contributed by atoms with van der Waals surface area (Å²) in [5, 5.41) is 20.4. The normalized spacial score (nSPS) is 21.8. The maximum absolute atomic E-state index is 11.5. The van der Waals surface area contributed by atoms with Crippen molar-refractivity contribution >= 4 is 5.97 Å². The number of aliphatic hydroxyl groups excluding tert-OH is 2. The number of rotatable bonds is 15. The monoisotopic (exact) mass is 480 g/mol. The minimum atomic E-state index is -0.484. The van der Waals surface area contributed by atoms with Crippen molar-refractivity contribution in [2.24, 2.45) is 5.92 Å². The van der Waals surface area contributed by atoms with E-state index in [4.69, 9.17) is 4.74 Å². The lowest BCUT2D eigenvalue weighted by Crippen LogP contribution is -2.29. The molecule has 0 saturated carbocycles. The van der Waals surface area contributed by atoms with Crippen molar-refractivity contribution in [2.45, 2.75) is 84.5 Å². The van der Waals surface area contributed by atoms with Crippen LogP contribution in [0.3, 0.4) is 0 Å². The van der Waals surface area contributed by atoms with Crippen LogP contribution in [0.1, 0.15) is 66.2 Å². The van der Waals surface area contributed by atoms with Gasteiger partial charge in [-0.05, 0) is 58.4 Å². The number of carbonyl (C=O) groups excluding carboxylic acids is 1. The number of esters is 1. The Morgan fingerprint density at radius 1 is 1.06 bits per heavy atom. The molecule has 1 aliphatic rings. The standard InChI is InChI=1S/C31H44O4/c1-6-16-24(2)21-22-28(32)18-15-14-17-25(3)29(33)19-12-10-8-7-9-11-13-20-30-27(5)26(4)23-31(34)35-30/h6-11,13-17,23,27-30,32-33H,1,12,18-22H2,2-5H3/b9-7-,10-8+,13-11-,15-14-,24-16+,25-17+/t27-,28?,29?,30-/m0/s1. The molecule has 4 heteroatoms. The molecule has 2 N–H and O–H groups in total. The first-order chi connectivity index (χ1) is 16.7. The minimum Gasteiger partial charge on any atom is -0.458 e. The molecule has 0 aromatic rings. The topological polar surface area (TPSA) is 66.8 Å². The fourth-order valence-corrected chi connectivity index (χ4v) is 3.59. The van der Waals surface area contributed by atoms with E-state index in [9.17, 15) is 15.0 Å². The summed E-state index contributed by atoms with van der Waals surface area (Å²) in [6.07, 6.45) is 26.4. The van der Waals surface area contributed by atoms with Gasteiger partial charge in [0.05, 0.1) is 12.2 Å². The predicted molar refractivity (Wildman–Crippen MR) is 147 cm³/mol. The Labute approximate surface area is 212 Å². The largest absolute Gasteiger partial charge is 0.458 e. The fourth-order valence-electron chi connectivity index (χ4n) is 3.59. The van der Waals surface area contributed by atoms with Crippen LogP contribution in [0, 0.1) is 5.92 Å². The van der Waals surface area contributed by atoms with E-state index < -0.39 is 6.10 Å². The van der Waals surface area contributed by atoms with Gasteiger partial charge in [0.2, 0.25) is 0 Å². The Kier molecular flexibility index (Phi) is 15.3. The Hall–Kier alpha value is -2.69. The maximum atomic E-state index is 11.5. The van der Waals surface area contributed by atoms with Crippen LogP contribution < -0.4 is 0 Å². The molecule has 35 heavy (non-hydrogen) atoms. The van der Waals surface area contributed by atoms with Gasteiger partial charge < -0.3 is 14.9 Å². The van der Waals surface area contributed by atoms with E-state index >= 15 is 0 Å². The third kappa shape index (κ3) is 13.7. The minimum absolute atomic E-state index is 0.0977. The molecule has 0 bridgehead atoms. The van der Waals surface area contributed by atoms with Crippen LogP contribution in [0.25, 0.3) is 0 Å². The number of cyclic esters (lactones) is 1. The lowest BCUT2D eigenvalue weighted by Gasteiger charge is -2.27. The summed E-state index contributed by atoms with van der Waals surface area (Å²) in [5.74, 6) is -0.00958. The lowest BCUT2D eigenvalue weighted by molar-refractivity contribution is -0.146. The van der Waals surface area contributed by atoms with Gasteiger partial charge in [0.15, 0.2) is 0 Å². The Bertz CT molecular complexity index is 866. The highest BCUT2D eigenvalue weighted by molar-refractivity contribution is 5.84. The molecule has 1 heterocycles. The van der Waals surface area contributed by atoms with Crippen LogP contribution in [0.5, 0.6) is 0 Å². The molecule has 4 atom stereocenters. The smallest absolute Gasteiger partial charge is 0.331 e. The number of allylic oxidation sites excluding steroid dienone is 10. The highest BCUT2D eigenvalue weighted by Crippen LogP contribution is 2.24. The summed E-state index contributed by atoms with van der Waals surface area (Å²) in [4.78, 5) is 11.5. The van der Waals surface area contributed by atoms with Gasteiger partial charge in [-0.15, -0.1) is 0 Å². The van der Waals surface area contributed by atoms with Crippen molar-refractivity contribution in [1.29, 1.82) is 0 Å². The van der Waals surface area contributed by atoms with Crippen molar-refractivity contribution in [3.63, 3.8) is 0 Å². The molecule has 0 saturated heterocycles. The Morgan fingerprint density at radius 2 is 1.77 bits per heavy atom. The van der Waals surface area contributed by atoms with E-state index in [1.807, 2.05) is 81.5 Å². The van der Waals surface area contributed by atoms with Crippen molar-refractivity contribution in [1.82, 2.24) is 0 Å². The first-order valence-electron chi connectivity index (χ1n) is 12.6. The first kappa shape index (κ1) is 30.3. The molecule has 2 unspecified atom stereocenters.